The van der Waals surface area contributed by atoms with Gasteiger partial charge in [0.15, 0.2) is 5.88 Å². The molecule has 3 nitrogen and oxygen atoms in total. The van der Waals surface area contributed by atoms with Crippen LogP contribution in [0.1, 0.15) is 0 Å². The Morgan fingerprint density at radius 2 is 2.00 bits per heavy atom. The highest BCUT2D eigenvalue weighted by Gasteiger charge is 1.99. The predicted octanol–water partition coefficient (Wildman–Crippen LogP) is 3.69. The molecule has 1 heterocycles. The number of methoxy groups -OCH3 is 1. The zero-order chi connectivity index (χ0) is 10.7. The summed E-state index contributed by atoms with van der Waals surface area (Å²) in [5.41, 5.74) is 0.918. The Bertz CT molecular complexity index is 436. The number of anilines is 2. The van der Waals surface area contributed by atoms with E-state index in [1.54, 1.807) is 13.2 Å². The lowest BCUT2D eigenvalue weighted by molar-refractivity contribution is 0.415. The van der Waals surface area contributed by atoms with Crippen molar-refractivity contribution in [2.24, 2.45) is 0 Å². The van der Waals surface area contributed by atoms with Gasteiger partial charge in [0, 0.05) is 11.8 Å². The molecular formula is C11H10ClNO2. The van der Waals surface area contributed by atoms with Gasteiger partial charge in [-0.15, -0.1) is 0 Å². The number of nitrogens with one attached hydrogen (secondary N) is 1. The molecule has 1 aromatic carbocycles. The molecule has 0 spiro atoms. The molecule has 0 aliphatic heterocycles. The Morgan fingerprint density at radius 1 is 1.27 bits per heavy atom. The standard InChI is InChI=1S/C11H10ClNO2/c1-14-10-4-2-9(3-5-10)13-11-6-8(12)7-15-11/h2-7,13H,1H3. The molecule has 0 saturated heterocycles. The molecule has 2 aromatic rings. The van der Waals surface area contributed by atoms with Crippen molar-refractivity contribution < 1.29 is 9.15 Å². The van der Waals surface area contributed by atoms with Crippen LogP contribution in [0.15, 0.2) is 41.0 Å². The van der Waals surface area contributed by atoms with E-state index in [1.165, 1.54) is 6.26 Å². The van der Waals surface area contributed by atoms with Crippen molar-refractivity contribution in [3.8, 4) is 5.75 Å². The average Bonchev–Trinajstić information content (AvgIpc) is 2.65. The van der Waals surface area contributed by atoms with E-state index in [2.05, 4.69) is 5.32 Å². The SMILES string of the molecule is COc1ccc(Nc2cc(Cl)co2)cc1. The third kappa shape index (κ3) is 2.44. The molecule has 0 aliphatic carbocycles. The molecule has 0 radical (unpaired) electrons. The maximum absolute atomic E-state index is 5.72. The van der Waals surface area contributed by atoms with Gasteiger partial charge in [0.2, 0.25) is 0 Å². The first-order valence-corrected chi connectivity index (χ1v) is 4.81. The van der Waals surface area contributed by atoms with Crippen molar-refractivity contribution in [2.75, 3.05) is 12.4 Å². The number of benzene rings is 1. The number of hydrogen-bond donors (Lipinski definition) is 1. The van der Waals surface area contributed by atoms with Crippen LogP contribution in [-0.2, 0) is 0 Å². The Balaban J connectivity index is 2.11. The molecule has 0 unspecified atom stereocenters. The van der Waals surface area contributed by atoms with Crippen molar-refractivity contribution in [1.29, 1.82) is 0 Å². The van der Waals surface area contributed by atoms with Crippen LogP contribution < -0.4 is 10.1 Å². The molecule has 0 saturated carbocycles. The van der Waals surface area contributed by atoms with Gasteiger partial charge >= 0.3 is 0 Å². The summed E-state index contributed by atoms with van der Waals surface area (Å²) in [6.45, 7) is 0. The lowest BCUT2D eigenvalue weighted by Crippen LogP contribution is -1.88. The second-order valence-electron chi connectivity index (χ2n) is 2.98. The number of furan rings is 1. The van der Waals surface area contributed by atoms with Gasteiger partial charge in [-0.1, -0.05) is 11.6 Å². The van der Waals surface area contributed by atoms with Gasteiger partial charge in [0.25, 0.3) is 0 Å². The van der Waals surface area contributed by atoms with Crippen molar-refractivity contribution in [3.05, 3.63) is 41.6 Å². The van der Waals surface area contributed by atoms with Crippen LogP contribution in [0.3, 0.4) is 0 Å². The van der Waals surface area contributed by atoms with E-state index in [-0.39, 0.29) is 0 Å². The third-order valence-electron chi connectivity index (χ3n) is 1.93. The molecule has 0 atom stereocenters. The summed E-state index contributed by atoms with van der Waals surface area (Å²) in [6, 6.07) is 9.25. The molecule has 0 fully saturated rings. The Hall–Kier alpha value is -1.61. The van der Waals surface area contributed by atoms with Crippen LogP contribution in [-0.4, -0.2) is 7.11 Å². The first kappa shape index (κ1) is 9.93. The second kappa shape index (κ2) is 4.28. The summed E-state index contributed by atoms with van der Waals surface area (Å²) in [5.74, 6) is 1.43. The average molecular weight is 224 g/mol. The van der Waals surface area contributed by atoms with Crippen LogP contribution >= 0.6 is 11.6 Å². The summed E-state index contributed by atoms with van der Waals surface area (Å²) in [5, 5.41) is 3.64. The fourth-order valence-corrected chi connectivity index (χ4v) is 1.34. The Labute approximate surface area is 92.6 Å². The van der Waals surface area contributed by atoms with Crippen LogP contribution in [0.4, 0.5) is 11.6 Å². The summed E-state index contributed by atoms with van der Waals surface area (Å²) in [6.07, 6.45) is 1.48. The monoisotopic (exact) mass is 223 g/mol. The van der Waals surface area contributed by atoms with E-state index in [1.807, 2.05) is 24.3 Å². The van der Waals surface area contributed by atoms with E-state index in [0.717, 1.165) is 11.4 Å². The molecule has 78 valence electrons. The lowest BCUT2D eigenvalue weighted by Gasteiger charge is -2.03. The topological polar surface area (TPSA) is 34.4 Å². The fraction of sp³-hybridized carbons (Fsp3) is 0.0909. The lowest BCUT2D eigenvalue weighted by atomic mass is 10.3. The van der Waals surface area contributed by atoms with E-state index in [0.29, 0.717) is 10.9 Å². The Kier molecular flexibility index (Phi) is 2.83. The van der Waals surface area contributed by atoms with Gasteiger partial charge in [-0.05, 0) is 24.3 Å². The minimum Gasteiger partial charge on any atom is -0.497 e. The molecule has 15 heavy (non-hydrogen) atoms. The van der Waals surface area contributed by atoms with Crippen molar-refractivity contribution in [3.63, 3.8) is 0 Å². The summed E-state index contributed by atoms with van der Waals surface area (Å²) >= 11 is 5.72. The van der Waals surface area contributed by atoms with Crippen LogP contribution in [0.2, 0.25) is 5.02 Å². The molecule has 0 aliphatic rings. The number of rotatable bonds is 3. The number of ether oxygens (including phenoxy) is 1. The molecule has 1 N–H and O–H groups in total. The van der Waals surface area contributed by atoms with Gasteiger partial charge in [0.1, 0.15) is 12.0 Å². The molecular weight excluding hydrogens is 214 g/mol. The maximum Gasteiger partial charge on any atom is 0.198 e. The summed E-state index contributed by atoms with van der Waals surface area (Å²) in [4.78, 5) is 0. The van der Waals surface area contributed by atoms with Crippen molar-refractivity contribution in [2.45, 2.75) is 0 Å². The zero-order valence-electron chi connectivity index (χ0n) is 8.16. The van der Waals surface area contributed by atoms with Crippen LogP contribution in [0.5, 0.6) is 5.75 Å². The van der Waals surface area contributed by atoms with Gasteiger partial charge in [-0.3, -0.25) is 0 Å². The van der Waals surface area contributed by atoms with E-state index < -0.39 is 0 Å². The molecule has 1 aromatic heterocycles. The molecule has 2 rings (SSSR count). The first-order valence-electron chi connectivity index (χ1n) is 4.43. The minimum atomic E-state index is 0.575. The van der Waals surface area contributed by atoms with Crippen molar-refractivity contribution in [1.82, 2.24) is 0 Å². The van der Waals surface area contributed by atoms with Crippen molar-refractivity contribution >= 4 is 23.2 Å². The normalized spacial score (nSPS) is 10.0. The highest BCUT2D eigenvalue weighted by atomic mass is 35.5. The largest absolute Gasteiger partial charge is 0.497 e. The number of halogens is 1. The molecule has 0 bridgehead atoms. The van der Waals surface area contributed by atoms with Gasteiger partial charge in [-0.25, -0.2) is 0 Å². The molecule has 0 amide bonds. The van der Waals surface area contributed by atoms with Gasteiger partial charge in [-0.2, -0.15) is 0 Å². The summed E-state index contributed by atoms with van der Waals surface area (Å²) < 4.78 is 10.2. The second-order valence-corrected chi connectivity index (χ2v) is 3.42. The summed E-state index contributed by atoms with van der Waals surface area (Å²) in [7, 11) is 1.63. The van der Waals surface area contributed by atoms with Crippen LogP contribution in [0.25, 0.3) is 0 Å². The smallest absolute Gasteiger partial charge is 0.198 e. The highest BCUT2D eigenvalue weighted by Crippen LogP contribution is 2.23. The van der Waals surface area contributed by atoms with E-state index in [4.69, 9.17) is 20.8 Å². The Morgan fingerprint density at radius 3 is 2.53 bits per heavy atom. The number of hydrogen-bond acceptors (Lipinski definition) is 3. The third-order valence-corrected chi connectivity index (χ3v) is 2.12. The van der Waals surface area contributed by atoms with E-state index in [9.17, 15) is 0 Å². The highest BCUT2D eigenvalue weighted by molar-refractivity contribution is 6.30. The van der Waals surface area contributed by atoms with Gasteiger partial charge < -0.3 is 14.5 Å². The quantitative estimate of drug-likeness (QED) is 0.862. The zero-order valence-corrected chi connectivity index (χ0v) is 8.91. The van der Waals surface area contributed by atoms with Gasteiger partial charge in [0.05, 0.1) is 12.1 Å². The predicted molar refractivity (Wildman–Crippen MR) is 60.0 cm³/mol. The molecule has 4 heteroatoms. The first-order chi connectivity index (χ1) is 7.28. The van der Waals surface area contributed by atoms with Crippen LogP contribution in [0, 0.1) is 0 Å². The maximum atomic E-state index is 5.72. The minimum absolute atomic E-state index is 0.575. The van der Waals surface area contributed by atoms with E-state index >= 15 is 0 Å². The fourth-order valence-electron chi connectivity index (χ4n) is 1.20.